The lowest BCUT2D eigenvalue weighted by Crippen LogP contribution is -2.46. The molecule has 0 fully saturated rings. The van der Waals surface area contributed by atoms with Gasteiger partial charge in [-0.15, -0.1) is 0 Å². The van der Waals surface area contributed by atoms with Gasteiger partial charge in [0.1, 0.15) is 12.3 Å². The summed E-state index contributed by atoms with van der Waals surface area (Å²) in [5.74, 6) is -0.470. The van der Waals surface area contributed by atoms with Gasteiger partial charge in [0.05, 0.1) is 11.0 Å². The molecule has 2 amide bonds. The van der Waals surface area contributed by atoms with E-state index in [4.69, 9.17) is 4.74 Å². The first-order valence-electron chi connectivity index (χ1n) is 11.1. The van der Waals surface area contributed by atoms with Crippen molar-refractivity contribution < 1.29 is 14.3 Å². The van der Waals surface area contributed by atoms with Crippen molar-refractivity contribution in [3.8, 4) is 16.9 Å². The van der Waals surface area contributed by atoms with Crippen molar-refractivity contribution in [1.82, 2.24) is 20.0 Å². The molecule has 4 rings (SSSR count). The lowest BCUT2D eigenvalue weighted by molar-refractivity contribution is -0.130. The first-order valence-corrected chi connectivity index (χ1v) is 11.1. The second-order valence-corrected chi connectivity index (χ2v) is 7.76. The Labute approximate surface area is 196 Å². The predicted molar refractivity (Wildman–Crippen MR) is 130 cm³/mol. The van der Waals surface area contributed by atoms with Gasteiger partial charge in [0.15, 0.2) is 6.61 Å². The van der Waals surface area contributed by atoms with E-state index in [1.54, 1.807) is 16.7 Å². The van der Waals surface area contributed by atoms with Gasteiger partial charge >= 0.3 is 5.69 Å². The van der Waals surface area contributed by atoms with Gasteiger partial charge in [-0.2, -0.15) is 0 Å². The van der Waals surface area contributed by atoms with Gasteiger partial charge in [0.25, 0.3) is 11.8 Å². The standard InChI is InChI=1S/C26H26N4O4/c1-2-16-29-21-13-7-8-14-22(21)30(26(29)33)17-24(31)27-28-25(32)18-34-23-15-9-6-12-20(23)19-10-4-3-5-11-19/h3-15H,2,16-18H2,1H3,(H,27,31)(H,28,32). The van der Waals surface area contributed by atoms with Crippen LogP contribution in [0.15, 0.2) is 83.7 Å². The molecule has 2 N–H and O–H groups in total. The number of para-hydroxylation sites is 3. The zero-order chi connectivity index (χ0) is 23.9. The smallest absolute Gasteiger partial charge is 0.329 e. The quantitative estimate of drug-likeness (QED) is 0.397. The van der Waals surface area contributed by atoms with Crippen LogP contribution in [-0.4, -0.2) is 27.6 Å². The molecule has 0 aliphatic rings. The molecule has 0 spiro atoms. The Morgan fingerprint density at radius 2 is 1.41 bits per heavy atom. The SMILES string of the molecule is CCCn1c(=O)n(CC(=O)NNC(=O)COc2ccccc2-c2ccccc2)c2ccccc21. The first-order chi connectivity index (χ1) is 16.6. The molecule has 4 aromatic rings. The van der Waals surface area contributed by atoms with Crippen LogP contribution in [0.25, 0.3) is 22.2 Å². The Hall–Kier alpha value is -4.33. The van der Waals surface area contributed by atoms with Gasteiger partial charge in [-0.05, 0) is 30.2 Å². The summed E-state index contributed by atoms with van der Waals surface area (Å²) in [6.07, 6.45) is 0.795. The van der Waals surface area contributed by atoms with E-state index in [1.165, 1.54) is 4.57 Å². The van der Waals surface area contributed by atoms with Crippen LogP contribution in [0.1, 0.15) is 13.3 Å². The Morgan fingerprint density at radius 1 is 0.794 bits per heavy atom. The molecule has 3 aromatic carbocycles. The number of benzene rings is 3. The van der Waals surface area contributed by atoms with E-state index in [9.17, 15) is 14.4 Å². The number of ether oxygens (including phenoxy) is 1. The first kappa shape index (κ1) is 22.8. The molecule has 174 valence electrons. The maximum atomic E-state index is 12.8. The molecule has 0 saturated carbocycles. The van der Waals surface area contributed by atoms with Crippen LogP contribution in [0.5, 0.6) is 5.75 Å². The number of aromatic nitrogens is 2. The van der Waals surface area contributed by atoms with Crippen LogP contribution < -0.4 is 21.3 Å². The monoisotopic (exact) mass is 458 g/mol. The van der Waals surface area contributed by atoms with Crippen molar-refractivity contribution in [2.45, 2.75) is 26.4 Å². The molecule has 1 aromatic heterocycles. The van der Waals surface area contributed by atoms with Crippen LogP contribution in [0.3, 0.4) is 0 Å². The minimum absolute atomic E-state index is 0.214. The number of nitrogens with one attached hydrogen (secondary N) is 2. The van der Waals surface area contributed by atoms with Gasteiger partial charge in [-0.25, -0.2) is 4.79 Å². The average molecular weight is 459 g/mol. The van der Waals surface area contributed by atoms with E-state index in [1.807, 2.05) is 73.7 Å². The number of aryl methyl sites for hydroxylation is 1. The fraction of sp³-hybridized carbons (Fsp3) is 0.192. The number of imidazole rings is 1. The van der Waals surface area contributed by atoms with Crippen LogP contribution in [0.4, 0.5) is 0 Å². The van der Waals surface area contributed by atoms with E-state index in [0.717, 1.165) is 23.1 Å². The number of fused-ring (bicyclic) bond motifs is 1. The number of nitrogens with zero attached hydrogens (tertiary/aromatic N) is 2. The summed E-state index contributed by atoms with van der Waals surface area (Å²) in [5.41, 5.74) is 7.73. The summed E-state index contributed by atoms with van der Waals surface area (Å²) >= 11 is 0. The topological polar surface area (TPSA) is 94.4 Å². The van der Waals surface area contributed by atoms with Crippen LogP contribution >= 0.6 is 0 Å². The summed E-state index contributed by atoms with van der Waals surface area (Å²) in [4.78, 5) is 37.5. The zero-order valence-electron chi connectivity index (χ0n) is 18.9. The summed E-state index contributed by atoms with van der Waals surface area (Å²) in [6, 6.07) is 24.5. The Balaban J connectivity index is 1.36. The molecule has 8 heteroatoms. The van der Waals surface area contributed by atoms with E-state index < -0.39 is 11.8 Å². The number of rotatable bonds is 8. The summed E-state index contributed by atoms with van der Waals surface area (Å²) < 4.78 is 8.74. The van der Waals surface area contributed by atoms with E-state index in [0.29, 0.717) is 17.8 Å². The van der Waals surface area contributed by atoms with Crippen LogP contribution in [0, 0.1) is 0 Å². The third kappa shape index (κ3) is 5.01. The fourth-order valence-electron chi connectivity index (χ4n) is 3.82. The van der Waals surface area contributed by atoms with Crippen molar-refractivity contribution in [3.63, 3.8) is 0 Å². The molecule has 0 aliphatic carbocycles. The van der Waals surface area contributed by atoms with Crippen molar-refractivity contribution >= 4 is 22.8 Å². The van der Waals surface area contributed by atoms with E-state index in [-0.39, 0.29) is 18.8 Å². The maximum Gasteiger partial charge on any atom is 0.329 e. The molecule has 1 heterocycles. The highest BCUT2D eigenvalue weighted by molar-refractivity contribution is 5.84. The largest absolute Gasteiger partial charge is 0.483 e. The van der Waals surface area contributed by atoms with Crippen molar-refractivity contribution in [2.75, 3.05) is 6.61 Å². The molecule has 0 aliphatic heterocycles. The van der Waals surface area contributed by atoms with Gasteiger partial charge in [-0.1, -0.05) is 67.6 Å². The normalized spacial score (nSPS) is 10.7. The molecule has 0 bridgehead atoms. The highest BCUT2D eigenvalue weighted by atomic mass is 16.5. The van der Waals surface area contributed by atoms with Gasteiger partial charge in [-0.3, -0.25) is 29.6 Å². The molecule has 34 heavy (non-hydrogen) atoms. The second kappa shape index (κ2) is 10.5. The number of hydrogen-bond donors (Lipinski definition) is 2. The number of amides is 2. The predicted octanol–water partition coefficient (Wildman–Crippen LogP) is 3.11. The number of carbonyl (C=O) groups excluding carboxylic acids is 2. The summed E-state index contributed by atoms with van der Waals surface area (Å²) in [5, 5.41) is 0. The van der Waals surface area contributed by atoms with Crippen molar-refractivity contribution in [3.05, 3.63) is 89.3 Å². The molecule has 0 atom stereocenters. The van der Waals surface area contributed by atoms with Crippen LogP contribution in [0.2, 0.25) is 0 Å². The third-order valence-corrected chi connectivity index (χ3v) is 5.35. The minimum atomic E-state index is -0.517. The molecular weight excluding hydrogens is 432 g/mol. The number of hydrogen-bond acceptors (Lipinski definition) is 4. The number of carbonyl (C=O) groups is 2. The van der Waals surface area contributed by atoms with Gasteiger partial charge in [0.2, 0.25) is 0 Å². The van der Waals surface area contributed by atoms with Gasteiger partial charge in [0, 0.05) is 12.1 Å². The van der Waals surface area contributed by atoms with E-state index in [2.05, 4.69) is 10.9 Å². The fourth-order valence-corrected chi connectivity index (χ4v) is 3.82. The lowest BCUT2D eigenvalue weighted by Gasteiger charge is -2.12. The molecule has 0 saturated heterocycles. The Kier molecular flexibility index (Phi) is 7.07. The minimum Gasteiger partial charge on any atom is -0.483 e. The zero-order valence-corrected chi connectivity index (χ0v) is 18.9. The average Bonchev–Trinajstić information content (AvgIpc) is 3.13. The lowest BCUT2D eigenvalue weighted by atomic mass is 10.1. The Bertz CT molecular complexity index is 1360. The summed E-state index contributed by atoms with van der Waals surface area (Å²) in [7, 11) is 0. The van der Waals surface area contributed by atoms with Gasteiger partial charge < -0.3 is 4.74 Å². The van der Waals surface area contributed by atoms with E-state index >= 15 is 0 Å². The molecule has 8 nitrogen and oxygen atoms in total. The van der Waals surface area contributed by atoms with Crippen LogP contribution in [-0.2, 0) is 22.7 Å². The van der Waals surface area contributed by atoms with Crippen molar-refractivity contribution in [1.29, 1.82) is 0 Å². The molecule has 0 unspecified atom stereocenters. The maximum absolute atomic E-state index is 12.8. The third-order valence-electron chi connectivity index (χ3n) is 5.35. The number of hydrazine groups is 1. The highest BCUT2D eigenvalue weighted by Gasteiger charge is 2.15. The molecule has 0 radical (unpaired) electrons. The van der Waals surface area contributed by atoms with Crippen molar-refractivity contribution in [2.24, 2.45) is 0 Å². The highest BCUT2D eigenvalue weighted by Crippen LogP contribution is 2.29. The second-order valence-electron chi connectivity index (χ2n) is 7.76. The summed E-state index contributed by atoms with van der Waals surface area (Å²) in [6.45, 7) is 2.06. The Morgan fingerprint density at radius 3 is 2.15 bits per heavy atom. The molecular formula is C26H26N4O4.